The number of thioether (sulfide) groups is 1. The molecule has 1 N–H and O–H groups in total. The molecule has 1 aliphatic carbocycles. The van der Waals surface area contributed by atoms with Crippen molar-refractivity contribution in [1.82, 2.24) is 5.32 Å². The molecule has 0 radical (unpaired) electrons. The fourth-order valence-electron chi connectivity index (χ4n) is 2.19. The summed E-state index contributed by atoms with van der Waals surface area (Å²) in [6.07, 6.45) is 2.65. The van der Waals surface area contributed by atoms with Crippen LogP contribution in [0, 0.1) is 11.3 Å². The van der Waals surface area contributed by atoms with Gasteiger partial charge < -0.3 is 5.32 Å². The van der Waals surface area contributed by atoms with Crippen LogP contribution in [0.3, 0.4) is 0 Å². The lowest BCUT2D eigenvalue weighted by molar-refractivity contribution is 0.687. The zero-order valence-electron chi connectivity index (χ0n) is 11.9. The summed E-state index contributed by atoms with van der Waals surface area (Å²) in [7, 11) is 0. The molecule has 0 amide bonds. The van der Waals surface area contributed by atoms with E-state index in [9.17, 15) is 0 Å². The lowest BCUT2D eigenvalue weighted by Crippen LogP contribution is -2.15. The highest BCUT2D eigenvalue weighted by Crippen LogP contribution is 2.25. The van der Waals surface area contributed by atoms with Crippen LogP contribution in [-0.2, 0) is 12.3 Å². The fraction of sp³-hybridized carbons (Fsp3) is 0.278. The van der Waals surface area contributed by atoms with E-state index in [1.165, 1.54) is 28.9 Å². The minimum Gasteiger partial charge on any atom is -0.310 e. The third-order valence-corrected chi connectivity index (χ3v) is 4.60. The van der Waals surface area contributed by atoms with E-state index in [2.05, 4.69) is 41.7 Å². The van der Waals surface area contributed by atoms with Gasteiger partial charge in [-0.2, -0.15) is 5.26 Å². The number of hydrogen-bond donors (Lipinski definition) is 1. The summed E-state index contributed by atoms with van der Waals surface area (Å²) in [6, 6.07) is 19.5. The number of nitrogens with one attached hydrogen (secondary N) is 1. The van der Waals surface area contributed by atoms with Crippen LogP contribution in [0.5, 0.6) is 0 Å². The molecule has 0 atom stereocenters. The van der Waals surface area contributed by atoms with E-state index in [0.29, 0.717) is 0 Å². The second kappa shape index (κ2) is 6.80. The van der Waals surface area contributed by atoms with E-state index >= 15 is 0 Å². The van der Waals surface area contributed by atoms with Gasteiger partial charge in [-0.05, 0) is 48.2 Å². The first-order valence-electron chi connectivity index (χ1n) is 7.27. The molecule has 0 aromatic heterocycles. The van der Waals surface area contributed by atoms with Crippen LogP contribution >= 0.6 is 11.8 Å². The fourth-order valence-corrected chi connectivity index (χ4v) is 3.11. The van der Waals surface area contributed by atoms with Gasteiger partial charge in [-0.1, -0.05) is 24.3 Å². The van der Waals surface area contributed by atoms with E-state index in [-0.39, 0.29) is 0 Å². The Morgan fingerprint density at radius 2 is 1.90 bits per heavy atom. The van der Waals surface area contributed by atoms with Crippen molar-refractivity contribution in [3.05, 3.63) is 65.2 Å². The van der Waals surface area contributed by atoms with Crippen LogP contribution in [0.15, 0.2) is 53.4 Å². The Morgan fingerprint density at radius 3 is 2.71 bits per heavy atom. The van der Waals surface area contributed by atoms with Crippen molar-refractivity contribution in [2.45, 2.75) is 36.1 Å². The van der Waals surface area contributed by atoms with Crippen LogP contribution in [0.25, 0.3) is 0 Å². The molecule has 1 aliphatic rings. The maximum atomic E-state index is 8.93. The van der Waals surface area contributed by atoms with Crippen LogP contribution in [0.1, 0.15) is 29.5 Å². The van der Waals surface area contributed by atoms with Crippen LogP contribution in [-0.4, -0.2) is 6.04 Å². The molecule has 1 saturated carbocycles. The first-order chi connectivity index (χ1) is 10.3. The normalized spacial score (nSPS) is 13.9. The number of hydrogen-bond acceptors (Lipinski definition) is 3. The number of nitrogens with zero attached hydrogens (tertiary/aromatic N) is 1. The molecule has 2 aromatic rings. The number of nitriles is 1. The molecular formula is C18H18N2S. The van der Waals surface area contributed by atoms with E-state index < -0.39 is 0 Å². The Kier molecular flexibility index (Phi) is 4.59. The zero-order valence-corrected chi connectivity index (χ0v) is 12.7. The lowest BCUT2D eigenvalue weighted by atomic mass is 10.2. The molecule has 0 unspecified atom stereocenters. The SMILES string of the molecule is N#Cc1cccc(CSc2cccc(CNC3CC3)c2)c1. The minimum absolute atomic E-state index is 0.732. The Balaban J connectivity index is 1.58. The summed E-state index contributed by atoms with van der Waals surface area (Å²) in [6.45, 7) is 0.961. The molecule has 2 nitrogen and oxygen atoms in total. The van der Waals surface area contributed by atoms with Crippen molar-refractivity contribution in [3.8, 4) is 6.07 Å². The molecule has 0 aliphatic heterocycles. The van der Waals surface area contributed by atoms with E-state index in [1.807, 2.05) is 30.0 Å². The highest BCUT2D eigenvalue weighted by molar-refractivity contribution is 7.98. The molecule has 0 bridgehead atoms. The predicted molar refractivity (Wildman–Crippen MR) is 87.0 cm³/mol. The van der Waals surface area contributed by atoms with Crippen LogP contribution in [0.4, 0.5) is 0 Å². The summed E-state index contributed by atoms with van der Waals surface area (Å²) in [5.74, 6) is 0.898. The Morgan fingerprint density at radius 1 is 1.10 bits per heavy atom. The molecule has 2 aromatic carbocycles. The predicted octanol–water partition coefficient (Wildman–Crippen LogP) is 4.10. The van der Waals surface area contributed by atoms with Gasteiger partial charge in [0.25, 0.3) is 0 Å². The first kappa shape index (κ1) is 14.2. The average molecular weight is 294 g/mol. The number of benzene rings is 2. The zero-order chi connectivity index (χ0) is 14.5. The van der Waals surface area contributed by atoms with Crippen molar-refractivity contribution in [2.75, 3.05) is 0 Å². The topological polar surface area (TPSA) is 35.8 Å². The second-order valence-electron chi connectivity index (χ2n) is 5.40. The minimum atomic E-state index is 0.732. The molecule has 3 rings (SSSR count). The molecular weight excluding hydrogens is 276 g/mol. The highest BCUT2D eigenvalue weighted by Gasteiger charge is 2.19. The van der Waals surface area contributed by atoms with Gasteiger partial charge in [-0.15, -0.1) is 11.8 Å². The van der Waals surface area contributed by atoms with Gasteiger partial charge in [0.05, 0.1) is 11.6 Å². The first-order valence-corrected chi connectivity index (χ1v) is 8.26. The maximum Gasteiger partial charge on any atom is 0.0991 e. The van der Waals surface area contributed by atoms with Gasteiger partial charge >= 0.3 is 0 Å². The van der Waals surface area contributed by atoms with Gasteiger partial charge in [0, 0.05) is 23.2 Å². The van der Waals surface area contributed by atoms with Gasteiger partial charge in [0.1, 0.15) is 0 Å². The van der Waals surface area contributed by atoms with Crippen molar-refractivity contribution >= 4 is 11.8 Å². The number of rotatable bonds is 6. The Labute approximate surface area is 130 Å². The van der Waals surface area contributed by atoms with Gasteiger partial charge in [0.2, 0.25) is 0 Å². The Bertz CT molecular complexity index is 656. The quantitative estimate of drug-likeness (QED) is 0.815. The summed E-state index contributed by atoms with van der Waals surface area (Å²) in [5, 5.41) is 12.5. The van der Waals surface area contributed by atoms with Crippen molar-refractivity contribution in [1.29, 1.82) is 5.26 Å². The third-order valence-electron chi connectivity index (χ3n) is 3.53. The molecule has 1 fully saturated rings. The third kappa shape index (κ3) is 4.35. The lowest BCUT2D eigenvalue weighted by Gasteiger charge is -2.06. The van der Waals surface area contributed by atoms with E-state index in [1.54, 1.807) is 0 Å². The highest BCUT2D eigenvalue weighted by atomic mass is 32.2. The summed E-state index contributed by atoms with van der Waals surface area (Å²) < 4.78 is 0. The van der Waals surface area contributed by atoms with Gasteiger partial charge in [-0.25, -0.2) is 0 Å². The monoisotopic (exact) mass is 294 g/mol. The van der Waals surface area contributed by atoms with Crippen molar-refractivity contribution in [3.63, 3.8) is 0 Å². The standard InChI is InChI=1S/C18H18N2S/c19-11-14-3-1-5-16(9-14)13-21-18-6-2-4-15(10-18)12-20-17-7-8-17/h1-6,9-10,17,20H,7-8,12-13H2. The molecule has 106 valence electrons. The maximum absolute atomic E-state index is 8.93. The molecule has 0 spiro atoms. The van der Waals surface area contributed by atoms with E-state index in [0.717, 1.165) is 23.9 Å². The van der Waals surface area contributed by atoms with Gasteiger partial charge in [0.15, 0.2) is 0 Å². The van der Waals surface area contributed by atoms with Crippen molar-refractivity contribution < 1.29 is 0 Å². The van der Waals surface area contributed by atoms with Crippen LogP contribution in [0.2, 0.25) is 0 Å². The van der Waals surface area contributed by atoms with Crippen molar-refractivity contribution in [2.24, 2.45) is 0 Å². The summed E-state index contributed by atoms with van der Waals surface area (Å²) in [4.78, 5) is 1.28. The summed E-state index contributed by atoms with van der Waals surface area (Å²) in [5.41, 5.74) is 3.27. The second-order valence-corrected chi connectivity index (χ2v) is 6.45. The molecule has 0 heterocycles. The average Bonchev–Trinajstić information content (AvgIpc) is 3.36. The summed E-state index contributed by atoms with van der Waals surface area (Å²) >= 11 is 1.82. The molecule has 3 heteroatoms. The van der Waals surface area contributed by atoms with Crippen LogP contribution < -0.4 is 5.32 Å². The molecule has 0 saturated heterocycles. The molecule has 21 heavy (non-hydrogen) atoms. The van der Waals surface area contributed by atoms with Gasteiger partial charge in [-0.3, -0.25) is 0 Å². The van der Waals surface area contributed by atoms with E-state index in [4.69, 9.17) is 5.26 Å². The largest absolute Gasteiger partial charge is 0.310 e. The smallest absolute Gasteiger partial charge is 0.0991 e. The Hall–Kier alpha value is -1.76.